The second-order valence-corrected chi connectivity index (χ2v) is 6.83. The summed E-state index contributed by atoms with van der Waals surface area (Å²) in [5.41, 5.74) is 4.50. The highest BCUT2D eigenvalue weighted by atomic mass is 16.9. The van der Waals surface area contributed by atoms with E-state index in [4.69, 9.17) is 18.9 Å². The van der Waals surface area contributed by atoms with Crippen molar-refractivity contribution in [2.45, 2.75) is 37.3 Å². The van der Waals surface area contributed by atoms with E-state index in [2.05, 4.69) is 27.0 Å². The Bertz CT molecular complexity index is 696. The number of hydrogen-bond donors (Lipinski definition) is 2. The van der Waals surface area contributed by atoms with Crippen LogP contribution in [0.5, 0.6) is 0 Å². The van der Waals surface area contributed by atoms with Crippen LogP contribution in [0.3, 0.4) is 0 Å². The molecule has 7 atom stereocenters. The molecule has 12 nitrogen and oxygen atoms in total. The molecule has 12 heteroatoms. The van der Waals surface area contributed by atoms with Crippen LogP contribution >= 0.6 is 0 Å². The van der Waals surface area contributed by atoms with Gasteiger partial charge >= 0.3 is 0 Å². The summed E-state index contributed by atoms with van der Waals surface area (Å²) in [4.78, 5) is 44.6. The number of nitrogens with one attached hydrogen (secondary N) is 1. The van der Waals surface area contributed by atoms with E-state index in [1.54, 1.807) is 21.0 Å². The largest absolute Gasteiger partial charge is 0.368 e. The zero-order valence-corrected chi connectivity index (χ0v) is 17.9. The van der Waals surface area contributed by atoms with Gasteiger partial charge in [0.25, 0.3) is 5.97 Å². The molecule has 4 heterocycles. The van der Waals surface area contributed by atoms with Gasteiger partial charge in [-0.3, -0.25) is 19.3 Å². The average molecular weight is 427 g/mol. The van der Waals surface area contributed by atoms with E-state index in [9.17, 15) is 14.4 Å². The summed E-state index contributed by atoms with van der Waals surface area (Å²) in [7, 11) is 7.69. The molecule has 0 radical (unpaired) electrons. The molecule has 4 aliphatic heterocycles. The van der Waals surface area contributed by atoms with E-state index in [0.717, 1.165) is 4.90 Å². The molecular formula is C18H29N5O7. The second-order valence-electron chi connectivity index (χ2n) is 6.83. The number of methoxy groups -OCH3 is 1. The lowest BCUT2D eigenvalue weighted by Gasteiger charge is -2.24. The average Bonchev–Trinajstić information content (AvgIpc) is 3.45. The number of likely N-dealkylation sites (tertiary alicyclic amines) is 1. The van der Waals surface area contributed by atoms with Gasteiger partial charge in [-0.15, -0.1) is 0 Å². The number of imide groups is 1. The number of carbonyl (C=O) groups excluding carboxylic acids is 3. The molecule has 0 aromatic rings. The van der Waals surface area contributed by atoms with Crippen LogP contribution in [-0.2, 0) is 33.3 Å². The van der Waals surface area contributed by atoms with Crippen molar-refractivity contribution in [2.24, 2.45) is 27.6 Å². The summed E-state index contributed by atoms with van der Waals surface area (Å²) >= 11 is 0. The Morgan fingerprint density at radius 2 is 1.60 bits per heavy atom. The standard InChI is InChI=1S/C14H18N2O7.C3H6N2.CH5N/c1-14(20-3)22-10-8-6-7(9(21-8)11(10)23-14)13(19)16(12(6)18)4-5(17)15-2;1-4-3-5-2;1-2/h6-11H,4H2,1-3H3,(H,15,17);1-2H3;2H2,1H3/t6?,7?,8-,9?,10+,11?,14?;;/m0../s1. The lowest BCUT2D eigenvalue weighted by atomic mass is 9.78. The van der Waals surface area contributed by atoms with Crippen LogP contribution in [0, 0.1) is 11.8 Å². The number of nitrogens with zero attached hydrogens (tertiary/aromatic N) is 3. The van der Waals surface area contributed by atoms with Gasteiger partial charge in [-0.05, 0) is 7.05 Å². The summed E-state index contributed by atoms with van der Waals surface area (Å²) in [5.74, 6) is -3.60. The third kappa shape index (κ3) is 4.02. The minimum absolute atomic E-state index is 0.270. The van der Waals surface area contributed by atoms with Crippen LogP contribution in [0.1, 0.15) is 6.92 Å². The Labute approximate surface area is 174 Å². The highest BCUT2D eigenvalue weighted by Gasteiger charge is 2.73. The molecule has 4 fully saturated rings. The lowest BCUT2D eigenvalue weighted by Crippen LogP contribution is -2.46. The van der Waals surface area contributed by atoms with Gasteiger partial charge < -0.3 is 30.0 Å². The summed E-state index contributed by atoms with van der Waals surface area (Å²) in [6, 6.07) is 2.36. The minimum atomic E-state index is -1.19. The van der Waals surface area contributed by atoms with E-state index >= 15 is 0 Å². The van der Waals surface area contributed by atoms with Crippen LogP contribution in [-0.4, -0.2) is 101 Å². The Morgan fingerprint density at radius 3 is 1.93 bits per heavy atom. The van der Waals surface area contributed by atoms with Crippen LogP contribution in [0.4, 0.5) is 0 Å². The summed E-state index contributed by atoms with van der Waals surface area (Å²) < 4.78 is 22.5. The maximum atomic E-state index is 12.6. The highest BCUT2D eigenvalue weighted by Crippen LogP contribution is 2.54. The number of ether oxygens (including phenoxy) is 4. The first-order chi connectivity index (χ1) is 14.3. The normalized spacial score (nSPS) is 37.2. The fourth-order valence-electron chi connectivity index (χ4n) is 4.12. The van der Waals surface area contributed by atoms with Gasteiger partial charge in [0.2, 0.25) is 17.7 Å². The minimum Gasteiger partial charge on any atom is -0.368 e. The number of aliphatic imine (C=N–C) groups is 2. The molecule has 2 bridgehead atoms. The van der Waals surface area contributed by atoms with Crippen LogP contribution < -0.4 is 11.1 Å². The van der Waals surface area contributed by atoms with Gasteiger partial charge in [0.1, 0.15) is 18.8 Å². The van der Waals surface area contributed by atoms with Gasteiger partial charge in [-0.25, -0.2) is 9.98 Å². The van der Waals surface area contributed by atoms with Crippen molar-refractivity contribution >= 4 is 23.7 Å². The van der Waals surface area contributed by atoms with E-state index in [1.165, 1.54) is 21.2 Å². The monoisotopic (exact) mass is 427 g/mol. The van der Waals surface area contributed by atoms with Gasteiger partial charge in [0, 0.05) is 35.2 Å². The van der Waals surface area contributed by atoms with Crippen molar-refractivity contribution in [1.82, 2.24) is 10.2 Å². The molecule has 5 unspecified atom stereocenters. The van der Waals surface area contributed by atoms with Gasteiger partial charge in [-0.1, -0.05) is 0 Å². The Hall–Kier alpha value is -2.21. The number of fused-ring (bicyclic) bond motifs is 8. The van der Waals surface area contributed by atoms with Crippen LogP contribution in [0.25, 0.3) is 0 Å². The van der Waals surface area contributed by atoms with Crippen molar-refractivity contribution < 1.29 is 33.3 Å². The zero-order chi connectivity index (χ0) is 22.6. The maximum Gasteiger partial charge on any atom is 0.280 e. The maximum absolute atomic E-state index is 12.6. The summed E-state index contributed by atoms with van der Waals surface area (Å²) in [6.07, 6.45) is -2.03. The molecule has 4 saturated heterocycles. The fourth-order valence-corrected chi connectivity index (χ4v) is 4.12. The molecule has 0 saturated carbocycles. The second kappa shape index (κ2) is 9.73. The van der Waals surface area contributed by atoms with E-state index in [0.29, 0.717) is 0 Å². The molecule has 0 aromatic carbocycles. The molecule has 4 rings (SSSR count). The van der Waals surface area contributed by atoms with E-state index in [-0.39, 0.29) is 24.3 Å². The number of amides is 3. The van der Waals surface area contributed by atoms with Crippen LogP contribution in [0.15, 0.2) is 9.98 Å². The third-order valence-corrected chi connectivity index (χ3v) is 5.33. The van der Waals surface area contributed by atoms with Crippen molar-refractivity contribution in [1.29, 1.82) is 0 Å². The SMILES string of the molecule is CN.CN=C=NC.CNC(=O)CN1C(=O)C2C3O[C@@H](C2C1=O)[C@H]1OC(C)(OC)OC31. The number of rotatable bonds is 3. The van der Waals surface area contributed by atoms with Gasteiger partial charge in [0.05, 0.1) is 30.1 Å². The van der Waals surface area contributed by atoms with Crippen molar-refractivity contribution in [2.75, 3.05) is 41.8 Å². The third-order valence-electron chi connectivity index (χ3n) is 5.33. The Balaban J connectivity index is 0.000000404. The first-order valence-corrected chi connectivity index (χ1v) is 9.44. The Kier molecular flexibility index (Phi) is 7.81. The van der Waals surface area contributed by atoms with E-state index in [1.807, 2.05) is 0 Å². The lowest BCUT2D eigenvalue weighted by molar-refractivity contribution is -0.330. The summed E-state index contributed by atoms with van der Waals surface area (Å²) in [6.45, 7) is 1.37. The number of hydrogen-bond acceptors (Lipinski definition) is 10. The topological polar surface area (TPSA) is 154 Å². The number of likely N-dealkylation sites (N-methyl/N-ethyl adjacent to an activating group) is 1. The molecule has 3 N–H and O–H groups in total. The predicted molar refractivity (Wildman–Crippen MR) is 103 cm³/mol. The molecule has 168 valence electrons. The highest BCUT2D eigenvalue weighted by molar-refractivity contribution is 6.08. The first kappa shape index (κ1) is 24.1. The fraction of sp³-hybridized carbons (Fsp3) is 0.778. The van der Waals surface area contributed by atoms with Crippen molar-refractivity contribution in [3.63, 3.8) is 0 Å². The molecule has 30 heavy (non-hydrogen) atoms. The smallest absolute Gasteiger partial charge is 0.280 e. The molecule has 3 amide bonds. The first-order valence-electron chi connectivity index (χ1n) is 9.44. The molecule has 0 aromatic heterocycles. The van der Waals surface area contributed by atoms with Gasteiger partial charge in [0.15, 0.2) is 0 Å². The van der Waals surface area contributed by atoms with Crippen molar-refractivity contribution in [3.8, 4) is 0 Å². The quantitative estimate of drug-likeness (QED) is 0.395. The van der Waals surface area contributed by atoms with Gasteiger partial charge in [-0.2, -0.15) is 0 Å². The molecule has 4 aliphatic rings. The molecular weight excluding hydrogens is 398 g/mol. The molecule has 0 spiro atoms. The summed E-state index contributed by atoms with van der Waals surface area (Å²) in [5, 5.41) is 2.41. The van der Waals surface area contributed by atoms with E-state index < -0.39 is 42.2 Å². The van der Waals surface area contributed by atoms with Crippen molar-refractivity contribution in [3.05, 3.63) is 0 Å². The molecule has 0 aliphatic carbocycles. The number of carbonyl (C=O) groups is 3. The predicted octanol–water partition coefficient (Wildman–Crippen LogP) is -1.79. The number of nitrogens with two attached hydrogens (primary N) is 1. The Morgan fingerprint density at radius 1 is 1.13 bits per heavy atom. The zero-order valence-electron chi connectivity index (χ0n) is 17.9. The van der Waals surface area contributed by atoms with Crippen LogP contribution in [0.2, 0.25) is 0 Å².